The Morgan fingerprint density at radius 3 is 2.28 bits per heavy atom. The first-order valence-electron chi connectivity index (χ1n) is 5.16. The van der Waals surface area contributed by atoms with Crippen LogP contribution in [0, 0.1) is 0 Å². The fourth-order valence-electron chi connectivity index (χ4n) is 1.59. The van der Waals surface area contributed by atoms with Crippen molar-refractivity contribution in [2.75, 3.05) is 0 Å². The van der Waals surface area contributed by atoms with E-state index in [0.717, 1.165) is 17.5 Å². The third-order valence-electron chi connectivity index (χ3n) is 2.47. The van der Waals surface area contributed by atoms with Crippen LogP contribution in [0.25, 0.3) is 11.3 Å². The van der Waals surface area contributed by atoms with Gasteiger partial charge in [0, 0.05) is 73.1 Å². The van der Waals surface area contributed by atoms with Crippen LogP contribution in [-0.4, -0.2) is 61.6 Å². The number of nitrogens with one attached hydrogen (secondary N) is 1. The van der Waals surface area contributed by atoms with Gasteiger partial charge in [0.15, 0.2) is 0 Å². The van der Waals surface area contributed by atoms with E-state index in [1.165, 1.54) is 6.07 Å². The van der Waals surface area contributed by atoms with Gasteiger partial charge in [-0.15, -0.1) is 0 Å². The first kappa shape index (κ1) is 16.4. The summed E-state index contributed by atoms with van der Waals surface area (Å²) in [5, 5.41) is 7.53. The molecule has 18 heavy (non-hydrogen) atoms. The predicted octanol–water partition coefficient (Wildman–Crippen LogP) is 2.93. The number of benzene rings is 1. The summed E-state index contributed by atoms with van der Waals surface area (Å²) in [6, 6.07) is 6.64. The molecule has 89 valence electrons. The molecular weight excluding hydrogens is 298 g/mol. The van der Waals surface area contributed by atoms with Gasteiger partial charge in [0.2, 0.25) is 0 Å². The van der Waals surface area contributed by atoms with Crippen LogP contribution < -0.4 is 5.56 Å². The molecule has 0 bridgehead atoms. The van der Waals surface area contributed by atoms with E-state index < -0.39 is 0 Å². The van der Waals surface area contributed by atoms with Crippen molar-refractivity contribution in [2.24, 2.45) is 0 Å². The van der Waals surface area contributed by atoms with Gasteiger partial charge in [-0.2, -0.15) is 5.10 Å². The Kier molecular flexibility index (Phi) is 6.54. The number of H-pyrrole nitrogens is 1. The number of nitrogens with zero attached hydrogens (tertiary/aromatic N) is 1. The number of aromatic nitrogens is 2. The van der Waals surface area contributed by atoms with Gasteiger partial charge in [-0.25, -0.2) is 5.10 Å². The number of rotatable bonds is 2. The van der Waals surface area contributed by atoms with E-state index in [1.54, 1.807) is 18.2 Å². The van der Waals surface area contributed by atoms with Crippen LogP contribution in [0.15, 0.2) is 29.1 Å². The van der Waals surface area contributed by atoms with Crippen molar-refractivity contribution in [3.8, 4) is 11.3 Å². The Balaban J connectivity index is 0.00000162. The standard InChI is InChI=1S/C12H10Cl2N2O.K/c1-2-8-9(13)5-7(6-10(8)14)11-3-4-12(17)16-15-11;/h3-6H,2H2,1H3,(H,16,17);. The molecule has 0 saturated carbocycles. The van der Waals surface area contributed by atoms with Crippen LogP contribution >= 0.6 is 23.2 Å². The Morgan fingerprint density at radius 2 is 1.83 bits per heavy atom. The molecule has 3 nitrogen and oxygen atoms in total. The topological polar surface area (TPSA) is 45.8 Å². The fraction of sp³-hybridized carbons (Fsp3) is 0.167. The van der Waals surface area contributed by atoms with Gasteiger partial charge in [0.1, 0.15) is 0 Å². The second kappa shape index (κ2) is 7.19. The molecule has 2 rings (SSSR count). The molecule has 1 aromatic carbocycles. The van der Waals surface area contributed by atoms with Crippen molar-refractivity contribution in [1.82, 2.24) is 10.2 Å². The van der Waals surface area contributed by atoms with Crippen molar-refractivity contribution in [2.45, 2.75) is 13.3 Å². The molecule has 0 aliphatic carbocycles. The molecule has 0 fully saturated rings. The van der Waals surface area contributed by atoms with Crippen LogP contribution in [0.2, 0.25) is 10.0 Å². The van der Waals surface area contributed by atoms with Crippen LogP contribution in [0.4, 0.5) is 0 Å². The molecule has 0 aliphatic rings. The summed E-state index contributed by atoms with van der Waals surface area (Å²) < 4.78 is 0. The summed E-state index contributed by atoms with van der Waals surface area (Å²) in [4.78, 5) is 10.9. The minimum absolute atomic E-state index is 0. The summed E-state index contributed by atoms with van der Waals surface area (Å²) in [7, 11) is 0. The van der Waals surface area contributed by atoms with Crippen LogP contribution in [0.1, 0.15) is 12.5 Å². The van der Waals surface area contributed by atoms with Gasteiger partial charge in [0.05, 0.1) is 5.69 Å². The Hall–Kier alpha value is 0.316. The van der Waals surface area contributed by atoms with E-state index in [4.69, 9.17) is 23.2 Å². The zero-order valence-corrected chi connectivity index (χ0v) is 14.8. The van der Waals surface area contributed by atoms with Crippen molar-refractivity contribution < 1.29 is 0 Å². The third kappa shape index (κ3) is 3.67. The minimum Gasteiger partial charge on any atom is -0.268 e. The average molecular weight is 308 g/mol. The maximum Gasteiger partial charge on any atom is 0.264 e. The number of aromatic amines is 1. The summed E-state index contributed by atoms with van der Waals surface area (Å²) in [6.45, 7) is 1.99. The molecule has 2 aromatic rings. The predicted molar refractivity (Wildman–Crippen MR) is 75.4 cm³/mol. The van der Waals surface area contributed by atoms with Gasteiger partial charge in [-0.3, -0.25) is 4.79 Å². The van der Waals surface area contributed by atoms with Crippen LogP contribution in [0.5, 0.6) is 0 Å². The number of hydrogen-bond acceptors (Lipinski definition) is 2. The molecule has 1 heterocycles. The monoisotopic (exact) mass is 307 g/mol. The van der Waals surface area contributed by atoms with E-state index in [-0.39, 0.29) is 56.9 Å². The third-order valence-corrected chi connectivity index (χ3v) is 3.14. The fourth-order valence-corrected chi connectivity index (χ4v) is 2.35. The van der Waals surface area contributed by atoms with E-state index >= 15 is 0 Å². The first-order valence-corrected chi connectivity index (χ1v) is 5.91. The minimum atomic E-state index is -0.240. The van der Waals surface area contributed by atoms with Crippen molar-refractivity contribution in [1.29, 1.82) is 0 Å². The van der Waals surface area contributed by atoms with Crippen LogP contribution in [-0.2, 0) is 6.42 Å². The van der Waals surface area contributed by atoms with Gasteiger partial charge in [0.25, 0.3) is 5.56 Å². The van der Waals surface area contributed by atoms with Crippen molar-refractivity contribution in [3.05, 3.63) is 50.2 Å². The molecular formula is C12H10Cl2KN2O. The molecule has 0 amide bonds. The summed E-state index contributed by atoms with van der Waals surface area (Å²) >= 11 is 12.3. The van der Waals surface area contributed by atoms with Crippen molar-refractivity contribution in [3.63, 3.8) is 0 Å². The Labute approximate surface area is 157 Å². The SMILES string of the molecule is CCc1c(Cl)cc(-c2ccc(=O)[nH]n2)cc1Cl.[K]. The smallest absolute Gasteiger partial charge is 0.264 e. The molecule has 1 N–H and O–H groups in total. The average Bonchev–Trinajstić information content (AvgIpc) is 2.29. The normalized spacial score (nSPS) is 9.94. The number of hydrogen-bond donors (Lipinski definition) is 1. The molecule has 0 saturated heterocycles. The Bertz CT molecular complexity index is 570. The molecule has 1 aromatic heterocycles. The van der Waals surface area contributed by atoms with Gasteiger partial charge in [-0.1, -0.05) is 30.1 Å². The molecule has 0 atom stereocenters. The zero-order chi connectivity index (χ0) is 12.4. The van der Waals surface area contributed by atoms with Gasteiger partial charge in [-0.05, 0) is 30.2 Å². The maximum absolute atomic E-state index is 10.9. The Morgan fingerprint density at radius 1 is 1.22 bits per heavy atom. The molecule has 6 heteroatoms. The maximum atomic E-state index is 10.9. The zero-order valence-electron chi connectivity index (χ0n) is 10.1. The van der Waals surface area contributed by atoms with Crippen LogP contribution in [0.3, 0.4) is 0 Å². The number of halogens is 2. The van der Waals surface area contributed by atoms with E-state index in [2.05, 4.69) is 10.2 Å². The van der Waals surface area contributed by atoms with E-state index in [1.807, 2.05) is 6.92 Å². The summed E-state index contributed by atoms with van der Waals surface area (Å²) in [6.07, 6.45) is 0.775. The quantitative estimate of drug-likeness (QED) is 0.867. The molecule has 0 unspecified atom stereocenters. The molecule has 1 radical (unpaired) electrons. The molecule has 0 aliphatic heterocycles. The largest absolute Gasteiger partial charge is 0.268 e. The second-order valence-electron chi connectivity index (χ2n) is 3.58. The van der Waals surface area contributed by atoms with E-state index in [0.29, 0.717) is 15.7 Å². The summed E-state index contributed by atoms with van der Waals surface area (Å²) in [5.74, 6) is 0. The summed E-state index contributed by atoms with van der Waals surface area (Å²) in [5.41, 5.74) is 2.10. The van der Waals surface area contributed by atoms with Gasteiger partial charge < -0.3 is 0 Å². The first-order chi connectivity index (χ1) is 8.11. The second-order valence-corrected chi connectivity index (χ2v) is 4.39. The van der Waals surface area contributed by atoms with Crippen molar-refractivity contribution >= 4 is 74.6 Å². The van der Waals surface area contributed by atoms with E-state index in [9.17, 15) is 4.79 Å². The van der Waals surface area contributed by atoms with Gasteiger partial charge >= 0.3 is 0 Å². The molecule has 0 spiro atoms.